The van der Waals surface area contributed by atoms with Crippen LogP contribution in [0.2, 0.25) is 5.02 Å². The number of halogens is 4. The summed E-state index contributed by atoms with van der Waals surface area (Å²) in [5, 5.41) is 2.63. The highest BCUT2D eigenvalue weighted by Crippen LogP contribution is 2.31. The fourth-order valence-corrected chi connectivity index (χ4v) is 6.23. The zero-order valence-corrected chi connectivity index (χ0v) is 26.0. The van der Waals surface area contributed by atoms with Gasteiger partial charge in [0.25, 0.3) is 5.56 Å². The first-order valence-electron chi connectivity index (χ1n) is 13.6. The van der Waals surface area contributed by atoms with E-state index in [1.165, 1.54) is 31.2 Å². The Morgan fingerprint density at radius 1 is 1.11 bits per heavy atom. The minimum atomic E-state index is -5.08. The quantitative estimate of drug-likeness (QED) is 0.367. The maximum atomic E-state index is 13.4. The van der Waals surface area contributed by atoms with Gasteiger partial charge in [-0.3, -0.25) is 14.3 Å². The van der Waals surface area contributed by atoms with E-state index in [9.17, 15) is 36.0 Å². The zero-order valence-electron chi connectivity index (χ0n) is 24.4. The number of hydrogen-bond acceptors (Lipinski definition) is 8. The number of fused-ring (bicyclic) bond motifs is 1. The monoisotopic (exact) mass is 660 g/mol. The number of H-pyrrole nitrogens is 1. The highest BCUT2D eigenvalue weighted by Gasteiger charge is 2.34. The van der Waals surface area contributed by atoms with Gasteiger partial charge in [0.05, 0.1) is 28.1 Å². The van der Waals surface area contributed by atoms with Gasteiger partial charge < -0.3 is 19.8 Å². The van der Waals surface area contributed by atoms with Crippen LogP contribution in [0.5, 0.6) is 5.75 Å². The molecule has 240 valence electrons. The maximum absolute atomic E-state index is 13.4. The normalized spacial score (nSPS) is 16.3. The van der Waals surface area contributed by atoms with Crippen molar-refractivity contribution in [3.63, 3.8) is 0 Å². The second kappa shape index (κ2) is 12.4. The first-order chi connectivity index (χ1) is 20.3. The highest BCUT2D eigenvalue weighted by molar-refractivity contribution is 7.91. The number of carbonyl (C=O) groups is 1. The third-order valence-corrected chi connectivity index (χ3v) is 8.91. The van der Waals surface area contributed by atoms with E-state index in [0.29, 0.717) is 24.1 Å². The maximum Gasteiger partial charge on any atom is 0.573 e. The van der Waals surface area contributed by atoms with E-state index in [2.05, 4.69) is 15.0 Å². The lowest BCUT2D eigenvalue weighted by molar-refractivity contribution is -0.274. The zero-order chi connectivity index (χ0) is 32.6. The number of amides is 1. The Morgan fingerprint density at radius 3 is 2.45 bits per heavy atom. The summed E-state index contributed by atoms with van der Waals surface area (Å²) in [5.41, 5.74) is -2.47. The van der Waals surface area contributed by atoms with Crippen molar-refractivity contribution in [1.29, 1.82) is 0 Å². The molecule has 2 N–H and O–H groups in total. The van der Waals surface area contributed by atoms with Crippen molar-refractivity contribution in [3.05, 3.63) is 67.3 Å². The van der Waals surface area contributed by atoms with Crippen LogP contribution >= 0.6 is 11.6 Å². The molecule has 2 heterocycles. The molecule has 0 bridgehead atoms. The van der Waals surface area contributed by atoms with Gasteiger partial charge in [0.2, 0.25) is 0 Å². The number of rotatable bonds is 8. The molecule has 0 radical (unpaired) electrons. The SMILES string of the molecule is CCS(=O)(=O)c1ccc(Cl)cc1Cn1c(=O)[nH]c2cc(CN3CCC(NC(=O)OC(C)(C)C)C3)c(OC(F)(F)F)cc2c1=O. The van der Waals surface area contributed by atoms with E-state index in [-0.39, 0.29) is 50.3 Å². The predicted molar refractivity (Wildman–Crippen MR) is 157 cm³/mol. The summed E-state index contributed by atoms with van der Waals surface area (Å²) in [6.45, 7) is 6.80. The lowest BCUT2D eigenvalue weighted by Gasteiger charge is -2.22. The van der Waals surface area contributed by atoms with Crippen molar-refractivity contribution < 1.29 is 35.9 Å². The van der Waals surface area contributed by atoms with Gasteiger partial charge in [0.15, 0.2) is 9.84 Å². The Kier molecular flexibility index (Phi) is 9.43. The largest absolute Gasteiger partial charge is 0.573 e. The van der Waals surface area contributed by atoms with Gasteiger partial charge in [-0.1, -0.05) is 18.5 Å². The van der Waals surface area contributed by atoms with E-state index in [1.807, 2.05) is 0 Å². The van der Waals surface area contributed by atoms with E-state index in [0.717, 1.165) is 6.07 Å². The van der Waals surface area contributed by atoms with E-state index in [4.69, 9.17) is 16.3 Å². The standard InChI is InChI=1S/C28H32ClF3N4O7S/c1-5-44(40,41)23-7-6-18(29)10-17(23)14-36-24(37)20-12-22(42-28(30,31)32)16(11-21(20)34-25(36)38)13-35-9-8-19(15-35)33-26(39)43-27(2,3)4/h6-7,10-12,19H,5,8-9,13-15H2,1-4H3,(H,33,39)(H,34,38). The molecule has 0 spiro atoms. The molecular formula is C28H32ClF3N4O7S. The summed E-state index contributed by atoms with van der Waals surface area (Å²) in [4.78, 5) is 42.8. The van der Waals surface area contributed by atoms with Crippen LogP contribution in [0.15, 0.2) is 44.8 Å². The third kappa shape index (κ3) is 8.12. The van der Waals surface area contributed by atoms with Gasteiger partial charge in [-0.2, -0.15) is 0 Å². The summed E-state index contributed by atoms with van der Waals surface area (Å²) < 4.78 is 75.8. The molecular weight excluding hydrogens is 629 g/mol. The third-order valence-electron chi connectivity index (χ3n) is 6.84. The van der Waals surface area contributed by atoms with Gasteiger partial charge in [0.1, 0.15) is 11.4 Å². The minimum absolute atomic E-state index is 0.0316. The van der Waals surface area contributed by atoms with Gasteiger partial charge in [0, 0.05) is 36.3 Å². The molecule has 1 saturated heterocycles. The molecule has 1 aliphatic rings. The second-order valence-electron chi connectivity index (χ2n) is 11.4. The Balaban J connectivity index is 1.69. The first kappa shape index (κ1) is 33.3. The number of sulfone groups is 1. The molecule has 0 saturated carbocycles. The Morgan fingerprint density at radius 2 is 1.82 bits per heavy atom. The Hall–Kier alpha value is -3.56. The van der Waals surface area contributed by atoms with Crippen LogP contribution < -0.4 is 21.3 Å². The second-order valence-corrected chi connectivity index (χ2v) is 14.1. The summed E-state index contributed by atoms with van der Waals surface area (Å²) in [6.07, 6.45) is -5.18. The smallest absolute Gasteiger partial charge is 0.444 e. The van der Waals surface area contributed by atoms with E-state index < -0.39 is 51.4 Å². The van der Waals surface area contributed by atoms with Crippen LogP contribution in [0.3, 0.4) is 0 Å². The highest BCUT2D eigenvalue weighted by atomic mass is 35.5. The predicted octanol–water partition coefficient (Wildman–Crippen LogP) is 4.18. The van der Waals surface area contributed by atoms with Crippen LogP contribution in [0, 0.1) is 0 Å². The molecule has 4 rings (SSSR count). The van der Waals surface area contributed by atoms with Crippen LogP contribution in [-0.2, 0) is 27.7 Å². The molecule has 1 unspecified atom stereocenters. The Labute approximate surface area is 255 Å². The first-order valence-corrected chi connectivity index (χ1v) is 15.7. The molecule has 11 nitrogen and oxygen atoms in total. The Bertz CT molecular complexity index is 1800. The molecule has 1 aromatic heterocycles. The lowest BCUT2D eigenvalue weighted by Crippen LogP contribution is -2.40. The van der Waals surface area contributed by atoms with Crippen molar-refractivity contribution in [2.75, 3.05) is 18.8 Å². The lowest BCUT2D eigenvalue weighted by atomic mass is 10.1. The van der Waals surface area contributed by atoms with E-state index in [1.54, 1.807) is 25.7 Å². The molecule has 1 fully saturated rings. The molecule has 0 aliphatic carbocycles. The summed E-state index contributed by atoms with van der Waals surface area (Å²) in [7, 11) is -3.76. The fourth-order valence-electron chi connectivity index (χ4n) is 4.92. The number of likely N-dealkylation sites (tertiary alicyclic amines) is 1. The molecule has 44 heavy (non-hydrogen) atoms. The molecule has 2 aromatic carbocycles. The molecule has 1 aliphatic heterocycles. The van der Waals surface area contributed by atoms with Gasteiger partial charge in [-0.25, -0.2) is 18.0 Å². The average molecular weight is 661 g/mol. The van der Waals surface area contributed by atoms with Crippen LogP contribution in [0.25, 0.3) is 10.9 Å². The molecule has 16 heteroatoms. The van der Waals surface area contributed by atoms with Gasteiger partial charge >= 0.3 is 18.1 Å². The minimum Gasteiger partial charge on any atom is -0.444 e. The van der Waals surface area contributed by atoms with Crippen molar-refractivity contribution in [2.24, 2.45) is 0 Å². The molecule has 1 amide bonds. The van der Waals surface area contributed by atoms with Crippen molar-refractivity contribution in [1.82, 2.24) is 19.8 Å². The van der Waals surface area contributed by atoms with Crippen molar-refractivity contribution in [3.8, 4) is 5.75 Å². The number of aromatic amines is 1. The number of nitrogens with zero attached hydrogens (tertiary/aromatic N) is 2. The van der Waals surface area contributed by atoms with Gasteiger partial charge in [-0.05, 0) is 63.1 Å². The number of aromatic nitrogens is 2. The summed E-state index contributed by atoms with van der Waals surface area (Å²) in [5.74, 6) is -0.887. The van der Waals surface area contributed by atoms with Crippen LogP contribution in [-0.4, -0.2) is 65.8 Å². The number of nitrogens with one attached hydrogen (secondary N) is 2. The number of alkyl carbamates (subject to hydrolysis) is 1. The van der Waals surface area contributed by atoms with Gasteiger partial charge in [-0.15, -0.1) is 13.2 Å². The number of carbonyl (C=O) groups excluding carboxylic acids is 1. The number of hydrogen-bond donors (Lipinski definition) is 2. The fraction of sp³-hybridized carbons (Fsp3) is 0.464. The van der Waals surface area contributed by atoms with E-state index >= 15 is 0 Å². The van der Waals surface area contributed by atoms with Crippen LogP contribution in [0.4, 0.5) is 18.0 Å². The van der Waals surface area contributed by atoms with Crippen molar-refractivity contribution in [2.45, 2.75) is 70.1 Å². The summed E-state index contributed by atoms with van der Waals surface area (Å²) >= 11 is 6.06. The molecule has 3 aromatic rings. The summed E-state index contributed by atoms with van der Waals surface area (Å²) in [6, 6.07) is 5.77. The van der Waals surface area contributed by atoms with Crippen molar-refractivity contribution >= 4 is 38.4 Å². The number of alkyl halides is 3. The molecule has 1 atom stereocenters. The number of ether oxygens (including phenoxy) is 2. The average Bonchev–Trinajstić information content (AvgIpc) is 3.31. The number of benzene rings is 2. The van der Waals surface area contributed by atoms with Crippen LogP contribution in [0.1, 0.15) is 45.2 Å². The topological polar surface area (TPSA) is 140 Å².